The summed E-state index contributed by atoms with van der Waals surface area (Å²) in [6.07, 6.45) is 32.1. The van der Waals surface area contributed by atoms with Crippen LogP contribution in [-0.2, 0) is 27.9 Å². The summed E-state index contributed by atoms with van der Waals surface area (Å²) in [5.41, 5.74) is 0. The van der Waals surface area contributed by atoms with E-state index in [-0.39, 0.29) is 32.1 Å². The summed E-state index contributed by atoms with van der Waals surface area (Å²) in [7, 11) is -4.40. The van der Waals surface area contributed by atoms with Crippen molar-refractivity contribution < 1.29 is 37.9 Å². The zero-order valence-corrected chi connectivity index (χ0v) is 31.4. The highest BCUT2D eigenvalue weighted by molar-refractivity contribution is 7.47. The molecule has 1 amide bonds. The second-order valence-electron chi connectivity index (χ2n) is 13.3. The van der Waals surface area contributed by atoms with Crippen LogP contribution in [0, 0.1) is 0 Å². The summed E-state index contributed by atoms with van der Waals surface area (Å²) in [5, 5.41) is 12.6. The third-order valence-electron chi connectivity index (χ3n) is 8.54. The van der Waals surface area contributed by atoms with Crippen molar-refractivity contribution in [3.8, 4) is 0 Å². The van der Waals surface area contributed by atoms with Crippen LogP contribution in [0.2, 0.25) is 0 Å². The lowest BCUT2D eigenvalue weighted by molar-refractivity contribution is -0.147. The Morgan fingerprint density at radius 1 is 0.574 bits per heavy atom. The van der Waals surface area contributed by atoms with Crippen LogP contribution in [0.3, 0.4) is 0 Å². The van der Waals surface area contributed by atoms with Gasteiger partial charge < -0.3 is 20.1 Å². The molecule has 0 rings (SSSR count). The van der Waals surface area contributed by atoms with Crippen molar-refractivity contribution in [1.29, 1.82) is 0 Å². The van der Waals surface area contributed by atoms with Gasteiger partial charge in [0.25, 0.3) is 0 Å². The monoisotopic (exact) mass is 692 g/mol. The Bertz CT molecular complexity index is 754. The number of ether oxygens (including phenoxy) is 1. The predicted molar refractivity (Wildman–Crippen MR) is 192 cm³/mol. The third-order valence-corrected chi connectivity index (χ3v) is 9.52. The number of hydrogen-bond donors (Lipinski definition) is 3. The number of phosphoric ester groups is 1. The first-order valence-electron chi connectivity index (χ1n) is 19.5. The van der Waals surface area contributed by atoms with Crippen LogP contribution < -0.4 is 5.32 Å². The minimum atomic E-state index is -4.40. The Labute approximate surface area is 288 Å². The molecule has 0 saturated heterocycles. The van der Waals surface area contributed by atoms with Gasteiger partial charge in [-0.25, -0.2) is 4.57 Å². The molecule has 0 bridgehead atoms. The van der Waals surface area contributed by atoms with Gasteiger partial charge in [-0.1, -0.05) is 168 Å². The maximum absolute atomic E-state index is 12.0. The zero-order valence-electron chi connectivity index (χ0n) is 30.5. The molecule has 0 fully saturated rings. The van der Waals surface area contributed by atoms with Crippen molar-refractivity contribution in [2.24, 2.45) is 0 Å². The van der Waals surface area contributed by atoms with Gasteiger partial charge >= 0.3 is 13.8 Å². The molecular formula is C37H74NO8P. The molecule has 0 heterocycles. The molecule has 0 aromatic rings. The molecule has 2 unspecified atom stereocenters. The summed E-state index contributed by atoms with van der Waals surface area (Å²) in [6.45, 7) is 3.50. The Balaban J connectivity index is 3.50. The molecule has 0 aliphatic rings. The Kier molecular flexibility index (Phi) is 34.1. The molecule has 0 aliphatic carbocycles. The van der Waals surface area contributed by atoms with Gasteiger partial charge in [-0.2, -0.15) is 0 Å². The summed E-state index contributed by atoms with van der Waals surface area (Å²) < 4.78 is 26.6. The van der Waals surface area contributed by atoms with Crippen molar-refractivity contribution in [3.05, 3.63) is 0 Å². The number of hydrogen-bond acceptors (Lipinski definition) is 7. The Morgan fingerprint density at radius 3 is 1.38 bits per heavy atom. The summed E-state index contributed by atoms with van der Waals surface area (Å²) in [6, 6.07) is 0. The molecular weight excluding hydrogens is 617 g/mol. The van der Waals surface area contributed by atoms with Gasteiger partial charge in [0.15, 0.2) is 0 Å². The quantitative estimate of drug-likeness (QED) is 0.0333. The van der Waals surface area contributed by atoms with Crippen molar-refractivity contribution in [1.82, 2.24) is 5.32 Å². The standard InChI is InChI=1S/C37H74NO8P/c1-3-5-7-9-11-12-13-14-15-16-17-18-19-20-21-22-23-24-25-27-29-36(40)38-31-32-45-47(42,43)46-34-35(39)33-44-37(41)30-28-26-10-8-6-4-2/h35,39H,3-34H2,1-2H3,(H,38,40)(H,42,43). The molecule has 280 valence electrons. The van der Waals surface area contributed by atoms with Crippen molar-refractivity contribution in [2.45, 2.75) is 200 Å². The van der Waals surface area contributed by atoms with Gasteiger partial charge in [0.1, 0.15) is 12.7 Å². The Hall–Kier alpha value is -0.990. The van der Waals surface area contributed by atoms with Gasteiger partial charge in [0, 0.05) is 19.4 Å². The lowest BCUT2D eigenvalue weighted by atomic mass is 10.0. The van der Waals surface area contributed by atoms with Crippen LogP contribution >= 0.6 is 7.82 Å². The van der Waals surface area contributed by atoms with Gasteiger partial charge in [-0.3, -0.25) is 18.6 Å². The first-order chi connectivity index (χ1) is 22.8. The lowest BCUT2D eigenvalue weighted by Crippen LogP contribution is -2.27. The lowest BCUT2D eigenvalue weighted by Gasteiger charge is -2.15. The highest BCUT2D eigenvalue weighted by Gasteiger charge is 2.23. The fourth-order valence-electron chi connectivity index (χ4n) is 5.56. The average molecular weight is 692 g/mol. The molecule has 0 aliphatic heterocycles. The maximum Gasteiger partial charge on any atom is 0.472 e. The number of aliphatic hydroxyl groups is 1. The number of carbonyl (C=O) groups excluding carboxylic acids is 2. The number of amides is 1. The van der Waals surface area contributed by atoms with Crippen LogP contribution in [0.1, 0.15) is 194 Å². The number of rotatable bonds is 37. The van der Waals surface area contributed by atoms with E-state index in [0.29, 0.717) is 6.42 Å². The van der Waals surface area contributed by atoms with E-state index in [4.69, 9.17) is 13.8 Å². The topological polar surface area (TPSA) is 131 Å². The van der Waals surface area contributed by atoms with E-state index in [1.54, 1.807) is 0 Å². The highest BCUT2D eigenvalue weighted by atomic mass is 31.2. The molecule has 0 aromatic heterocycles. The minimum Gasteiger partial charge on any atom is -0.463 e. The largest absolute Gasteiger partial charge is 0.472 e. The number of aliphatic hydroxyl groups excluding tert-OH is 1. The number of unbranched alkanes of at least 4 members (excludes halogenated alkanes) is 24. The van der Waals surface area contributed by atoms with E-state index in [9.17, 15) is 24.2 Å². The average Bonchev–Trinajstić information content (AvgIpc) is 3.05. The third kappa shape index (κ3) is 36.1. The van der Waals surface area contributed by atoms with Gasteiger partial charge in [0.05, 0.1) is 13.2 Å². The molecule has 0 aromatic carbocycles. The van der Waals surface area contributed by atoms with Crippen LogP contribution in [0.5, 0.6) is 0 Å². The molecule has 0 spiro atoms. The molecule has 9 nitrogen and oxygen atoms in total. The SMILES string of the molecule is CCCCCCCCCCCCCCCCCCCCCCC(=O)NCCOP(=O)(O)OCC(O)COC(=O)CCCCCCCC. The maximum atomic E-state index is 12.0. The second kappa shape index (κ2) is 34.9. The Morgan fingerprint density at radius 2 is 0.957 bits per heavy atom. The first-order valence-corrected chi connectivity index (χ1v) is 21.0. The van der Waals surface area contributed by atoms with Crippen LogP contribution in [0.25, 0.3) is 0 Å². The van der Waals surface area contributed by atoms with E-state index in [1.165, 1.54) is 122 Å². The van der Waals surface area contributed by atoms with Gasteiger partial charge in [-0.15, -0.1) is 0 Å². The molecule has 0 saturated carbocycles. The summed E-state index contributed by atoms with van der Waals surface area (Å²) >= 11 is 0. The number of phosphoric acid groups is 1. The fourth-order valence-corrected chi connectivity index (χ4v) is 6.31. The zero-order chi connectivity index (χ0) is 34.7. The van der Waals surface area contributed by atoms with E-state index in [2.05, 4.69) is 19.2 Å². The van der Waals surface area contributed by atoms with Crippen LogP contribution in [0.4, 0.5) is 0 Å². The van der Waals surface area contributed by atoms with E-state index >= 15 is 0 Å². The van der Waals surface area contributed by atoms with Crippen molar-refractivity contribution in [2.75, 3.05) is 26.4 Å². The first kappa shape index (κ1) is 46.0. The normalized spacial score (nSPS) is 13.4. The van der Waals surface area contributed by atoms with E-state index in [0.717, 1.165) is 44.9 Å². The molecule has 2 atom stereocenters. The summed E-state index contributed by atoms with van der Waals surface area (Å²) in [4.78, 5) is 33.6. The van der Waals surface area contributed by atoms with Crippen molar-refractivity contribution >= 4 is 19.7 Å². The van der Waals surface area contributed by atoms with Crippen LogP contribution in [-0.4, -0.2) is 54.3 Å². The fraction of sp³-hybridized carbons (Fsp3) is 0.946. The molecule has 3 N–H and O–H groups in total. The molecule has 47 heavy (non-hydrogen) atoms. The van der Waals surface area contributed by atoms with Gasteiger partial charge in [-0.05, 0) is 12.8 Å². The van der Waals surface area contributed by atoms with Crippen molar-refractivity contribution in [3.63, 3.8) is 0 Å². The number of esters is 1. The minimum absolute atomic E-state index is 0.0878. The number of carbonyl (C=O) groups is 2. The molecule has 0 radical (unpaired) electrons. The second-order valence-corrected chi connectivity index (χ2v) is 14.7. The predicted octanol–water partition coefficient (Wildman–Crippen LogP) is 10.1. The molecule has 10 heteroatoms. The van der Waals surface area contributed by atoms with E-state index in [1.807, 2.05) is 0 Å². The summed E-state index contributed by atoms with van der Waals surface area (Å²) in [5.74, 6) is -0.517. The smallest absolute Gasteiger partial charge is 0.463 e. The van der Waals surface area contributed by atoms with E-state index < -0.39 is 26.5 Å². The van der Waals surface area contributed by atoms with Gasteiger partial charge in [0.2, 0.25) is 5.91 Å². The highest BCUT2D eigenvalue weighted by Crippen LogP contribution is 2.42. The number of nitrogens with one attached hydrogen (secondary N) is 1. The van der Waals surface area contributed by atoms with Crippen LogP contribution in [0.15, 0.2) is 0 Å².